The third kappa shape index (κ3) is 54.9. The molecule has 0 aliphatic rings. The smallest absolute Gasteiger partial charge is 0.309 e. The maximum absolute atomic E-state index is 12.8. The first-order chi connectivity index (χ1) is 34.0. The van der Waals surface area contributed by atoms with Gasteiger partial charge in [-0.1, -0.05) is 233 Å². The average molecular weight is 958 g/mol. The topological polar surface area (TPSA) is 78.9 Å². The van der Waals surface area contributed by atoms with E-state index in [0.29, 0.717) is 12.8 Å². The van der Waals surface area contributed by atoms with Crippen LogP contribution in [0.15, 0.2) is 109 Å². The zero-order valence-electron chi connectivity index (χ0n) is 44.8. The lowest BCUT2D eigenvalue weighted by Gasteiger charge is -2.18. The van der Waals surface area contributed by atoms with Gasteiger partial charge in [0.05, 0.1) is 6.42 Å². The zero-order chi connectivity index (χ0) is 50.0. The highest BCUT2D eigenvalue weighted by atomic mass is 16.6. The Labute approximate surface area is 425 Å². The van der Waals surface area contributed by atoms with Crippen molar-refractivity contribution in [2.24, 2.45) is 0 Å². The van der Waals surface area contributed by atoms with E-state index in [1.165, 1.54) is 122 Å². The molecule has 0 N–H and O–H groups in total. The van der Waals surface area contributed by atoms with Gasteiger partial charge in [0.2, 0.25) is 0 Å². The maximum atomic E-state index is 12.8. The molecule has 0 aliphatic carbocycles. The second-order valence-corrected chi connectivity index (χ2v) is 18.5. The molecule has 0 rings (SSSR count). The van der Waals surface area contributed by atoms with Gasteiger partial charge in [-0.2, -0.15) is 0 Å². The summed E-state index contributed by atoms with van der Waals surface area (Å²) in [5, 5.41) is 0. The SMILES string of the molecule is CC/C=C\C/C=C\C/C=C\C/C=C\C/C=C\CC(=O)OCC(COC(=O)CCCCCCCCCCC/C=C\C/C=C\CCCCC)OC(=O)CCCCCCCCC/C=C\C/C=C\CCCCC. The minimum atomic E-state index is -0.826. The second-order valence-electron chi connectivity index (χ2n) is 18.5. The van der Waals surface area contributed by atoms with Crippen LogP contribution in [0.1, 0.15) is 252 Å². The van der Waals surface area contributed by atoms with E-state index in [1.807, 2.05) is 6.08 Å². The summed E-state index contributed by atoms with van der Waals surface area (Å²) in [6.45, 7) is 6.38. The number of carbonyl (C=O) groups excluding carboxylic acids is 3. The molecular formula is C63H104O6. The van der Waals surface area contributed by atoms with Crippen molar-refractivity contribution in [2.75, 3.05) is 13.2 Å². The lowest BCUT2D eigenvalue weighted by molar-refractivity contribution is -0.166. The average Bonchev–Trinajstić information content (AvgIpc) is 3.35. The Balaban J connectivity index is 4.50. The first-order valence-electron chi connectivity index (χ1n) is 28.4. The molecule has 0 aromatic carbocycles. The molecule has 0 aliphatic heterocycles. The number of esters is 3. The van der Waals surface area contributed by atoms with Crippen LogP contribution >= 0.6 is 0 Å². The Kier molecular flexibility index (Phi) is 53.4. The molecular weight excluding hydrogens is 853 g/mol. The maximum Gasteiger partial charge on any atom is 0.309 e. The minimum Gasteiger partial charge on any atom is -0.462 e. The molecule has 6 nitrogen and oxygen atoms in total. The van der Waals surface area contributed by atoms with Crippen molar-refractivity contribution >= 4 is 17.9 Å². The van der Waals surface area contributed by atoms with E-state index in [2.05, 4.69) is 118 Å². The molecule has 1 atom stereocenters. The number of allylic oxidation sites excluding steroid dienone is 17. The highest BCUT2D eigenvalue weighted by Crippen LogP contribution is 2.14. The zero-order valence-corrected chi connectivity index (χ0v) is 44.8. The second kappa shape index (κ2) is 56.7. The van der Waals surface area contributed by atoms with Gasteiger partial charge in [0.1, 0.15) is 13.2 Å². The Morgan fingerprint density at radius 3 is 1.01 bits per heavy atom. The molecule has 0 saturated carbocycles. The fourth-order valence-corrected chi connectivity index (χ4v) is 7.52. The van der Waals surface area contributed by atoms with Gasteiger partial charge in [-0.25, -0.2) is 0 Å². The van der Waals surface area contributed by atoms with Crippen LogP contribution in [0.3, 0.4) is 0 Å². The van der Waals surface area contributed by atoms with Crippen molar-refractivity contribution in [1.82, 2.24) is 0 Å². The van der Waals surface area contributed by atoms with Crippen LogP contribution < -0.4 is 0 Å². The minimum absolute atomic E-state index is 0.115. The van der Waals surface area contributed by atoms with E-state index in [-0.39, 0.29) is 31.6 Å². The van der Waals surface area contributed by atoms with Crippen LogP contribution in [0.4, 0.5) is 0 Å². The normalized spacial score (nSPS) is 12.9. The van der Waals surface area contributed by atoms with Crippen LogP contribution in [-0.4, -0.2) is 37.2 Å². The van der Waals surface area contributed by atoms with Gasteiger partial charge in [-0.3, -0.25) is 14.4 Å². The van der Waals surface area contributed by atoms with E-state index in [0.717, 1.165) is 89.9 Å². The van der Waals surface area contributed by atoms with Crippen LogP contribution in [0.5, 0.6) is 0 Å². The molecule has 0 bridgehead atoms. The predicted molar refractivity (Wildman–Crippen MR) is 297 cm³/mol. The summed E-state index contributed by atoms with van der Waals surface area (Å²) in [7, 11) is 0. The highest BCUT2D eigenvalue weighted by Gasteiger charge is 2.19. The quantitative estimate of drug-likeness (QED) is 0.0262. The van der Waals surface area contributed by atoms with Crippen LogP contribution in [0.2, 0.25) is 0 Å². The number of ether oxygens (including phenoxy) is 3. The molecule has 69 heavy (non-hydrogen) atoms. The number of rotatable bonds is 50. The molecule has 0 aromatic heterocycles. The lowest BCUT2D eigenvalue weighted by atomic mass is 10.1. The fraction of sp³-hybridized carbons (Fsp3) is 0.667. The van der Waals surface area contributed by atoms with Gasteiger partial charge >= 0.3 is 17.9 Å². The summed E-state index contributed by atoms with van der Waals surface area (Å²) in [5.74, 6) is -1.06. The monoisotopic (exact) mass is 957 g/mol. The Morgan fingerprint density at radius 2 is 0.623 bits per heavy atom. The molecule has 392 valence electrons. The number of hydrogen-bond acceptors (Lipinski definition) is 6. The Bertz CT molecular complexity index is 1420. The largest absolute Gasteiger partial charge is 0.462 e. The molecule has 0 spiro atoms. The molecule has 0 fully saturated rings. The van der Waals surface area contributed by atoms with Crippen LogP contribution in [0.25, 0.3) is 0 Å². The van der Waals surface area contributed by atoms with Crippen molar-refractivity contribution < 1.29 is 28.6 Å². The van der Waals surface area contributed by atoms with Crippen molar-refractivity contribution in [2.45, 2.75) is 258 Å². The third-order valence-electron chi connectivity index (χ3n) is 11.8. The van der Waals surface area contributed by atoms with Gasteiger partial charge in [0.25, 0.3) is 0 Å². The van der Waals surface area contributed by atoms with Gasteiger partial charge in [-0.05, 0) is 109 Å². The van der Waals surface area contributed by atoms with Gasteiger partial charge < -0.3 is 14.2 Å². The Hall–Kier alpha value is -3.93. The van der Waals surface area contributed by atoms with E-state index >= 15 is 0 Å². The van der Waals surface area contributed by atoms with E-state index in [1.54, 1.807) is 6.08 Å². The van der Waals surface area contributed by atoms with Crippen LogP contribution in [-0.2, 0) is 28.6 Å². The van der Waals surface area contributed by atoms with Gasteiger partial charge in [0, 0.05) is 12.8 Å². The summed E-state index contributed by atoms with van der Waals surface area (Å²) in [6, 6.07) is 0. The molecule has 0 heterocycles. The fourth-order valence-electron chi connectivity index (χ4n) is 7.52. The van der Waals surface area contributed by atoms with E-state index < -0.39 is 12.1 Å². The lowest BCUT2D eigenvalue weighted by Crippen LogP contribution is -2.30. The van der Waals surface area contributed by atoms with Gasteiger partial charge in [0.15, 0.2) is 6.10 Å². The number of carbonyl (C=O) groups is 3. The van der Waals surface area contributed by atoms with E-state index in [9.17, 15) is 14.4 Å². The summed E-state index contributed by atoms with van der Waals surface area (Å²) in [5.41, 5.74) is 0. The predicted octanol–water partition coefficient (Wildman–Crippen LogP) is 19.1. The molecule has 1 unspecified atom stereocenters. The molecule has 0 aromatic rings. The van der Waals surface area contributed by atoms with Crippen LogP contribution in [0, 0.1) is 0 Å². The highest BCUT2D eigenvalue weighted by molar-refractivity contribution is 5.72. The summed E-state index contributed by atoms with van der Waals surface area (Å²) < 4.78 is 16.7. The summed E-state index contributed by atoms with van der Waals surface area (Å²) in [4.78, 5) is 38.1. The molecule has 0 saturated heterocycles. The van der Waals surface area contributed by atoms with Crippen molar-refractivity contribution in [3.8, 4) is 0 Å². The first-order valence-corrected chi connectivity index (χ1v) is 28.4. The summed E-state index contributed by atoms with van der Waals surface area (Å²) >= 11 is 0. The number of unbranched alkanes of at least 4 members (excludes halogenated alkanes) is 22. The van der Waals surface area contributed by atoms with E-state index in [4.69, 9.17) is 14.2 Å². The van der Waals surface area contributed by atoms with Crippen molar-refractivity contribution in [3.63, 3.8) is 0 Å². The van der Waals surface area contributed by atoms with Crippen molar-refractivity contribution in [3.05, 3.63) is 109 Å². The first kappa shape index (κ1) is 65.1. The standard InChI is InChI=1S/C63H104O6/c1-4-7-10-13-16-19-22-25-28-30-31-33-35-38-41-44-47-50-53-56-62(65)68-59-60(58-67-61(64)55-52-49-46-43-40-37-34-27-24-21-18-15-12-9-6-3)69-63(66)57-54-51-48-45-42-39-36-32-29-26-23-20-17-14-11-8-5-2/h9,12,16-21,25-29,34,40,43,49,52,60H,4-8,10-11,13-15,22-24,30-33,35-39,41-42,44-48,50-51,53-59H2,1-3H3/b12-9-,19-16-,20-17-,21-18-,28-25-,29-26-,34-27-,43-40-,52-49-. The molecule has 6 heteroatoms. The van der Waals surface area contributed by atoms with Crippen molar-refractivity contribution in [1.29, 1.82) is 0 Å². The number of hydrogen-bond donors (Lipinski definition) is 0. The third-order valence-corrected chi connectivity index (χ3v) is 11.8. The summed E-state index contributed by atoms with van der Waals surface area (Å²) in [6.07, 6.45) is 76.7. The van der Waals surface area contributed by atoms with Gasteiger partial charge in [-0.15, -0.1) is 0 Å². The molecule has 0 amide bonds. The Morgan fingerprint density at radius 1 is 0.319 bits per heavy atom. The molecule has 0 radical (unpaired) electrons.